The van der Waals surface area contributed by atoms with Gasteiger partial charge in [0.25, 0.3) is 0 Å². The number of aromatic nitrogens is 3. The Morgan fingerprint density at radius 2 is 2.12 bits per heavy atom. The van der Waals surface area contributed by atoms with E-state index >= 15 is 0 Å². The summed E-state index contributed by atoms with van der Waals surface area (Å²) in [6.07, 6.45) is 2.17. The van der Waals surface area contributed by atoms with E-state index in [0.717, 1.165) is 37.4 Å². The predicted octanol–water partition coefficient (Wildman–Crippen LogP) is 1.96. The molecule has 1 aliphatic heterocycles. The van der Waals surface area contributed by atoms with E-state index < -0.39 is 0 Å². The van der Waals surface area contributed by atoms with Gasteiger partial charge in [0.1, 0.15) is 5.82 Å². The number of ether oxygens (including phenoxy) is 1. The Hall–Kier alpha value is -1.63. The fourth-order valence-corrected chi connectivity index (χ4v) is 3.02. The zero-order valence-corrected chi connectivity index (χ0v) is 14.8. The topological polar surface area (TPSA) is 61.1 Å². The van der Waals surface area contributed by atoms with Gasteiger partial charge in [-0.3, -0.25) is 0 Å². The molecule has 132 valence electrons. The number of halogens is 1. The highest BCUT2D eigenvalue weighted by molar-refractivity contribution is 5.85. The van der Waals surface area contributed by atoms with Crippen molar-refractivity contribution in [3.05, 3.63) is 46.6 Å². The number of para-hydroxylation sites is 1. The molecular formula is C17H25ClN4O2. The molecule has 7 heteroatoms. The summed E-state index contributed by atoms with van der Waals surface area (Å²) in [5.74, 6) is 1.12. The van der Waals surface area contributed by atoms with Crippen LogP contribution in [0.5, 0.6) is 0 Å². The summed E-state index contributed by atoms with van der Waals surface area (Å²) < 4.78 is 8.66. The number of nitrogens with one attached hydrogen (secondary N) is 1. The molecule has 3 rings (SSSR count). The van der Waals surface area contributed by atoms with Crippen molar-refractivity contribution >= 4 is 12.4 Å². The van der Waals surface area contributed by atoms with E-state index in [1.165, 1.54) is 4.68 Å². The summed E-state index contributed by atoms with van der Waals surface area (Å²) in [7, 11) is 0. The average molecular weight is 353 g/mol. The zero-order valence-electron chi connectivity index (χ0n) is 14.0. The Bertz CT molecular complexity index is 678. The van der Waals surface area contributed by atoms with Gasteiger partial charge >= 0.3 is 5.69 Å². The fraction of sp³-hybridized carbons (Fsp3) is 0.529. The molecule has 24 heavy (non-hydrogen) atoms. The average Bonchev–Trinajstić information content (AvgIpc) is 2.93. The monoisotopic (exact) mass is 352 g/mol. The Morgan fingerprint density at radius 1 is 1.33 bits per heavy atom. The summed E-state index contributed by atoms with van der Waals surface area (Å²) in [6, 6.07) is 9.76. The van der Waals surface area contributed by atoms with Gasteiger partial charge in [0.2, 0.25) is 0 Å². The molecule has 1 N–H and O–H groups in total. The summed E-state index contributed by atoms with van der Waals surface area (Å²) in [4.78, 5) is 12.8. The highest BCUT2D eigenvalue weighted by atomic mass is 35.5. The Morgan fingerprint density at radius 3 is 2.79 bits per heavy atom. The van der Waals surface area contributed by atoms with Gasteiger partial charge in [-0.05, 0) is 38.4 Å². The largest absolute Gasteiger partial charge is 0.380 e. The number of benzene rings is 1. The third kappa shape index (κ3) is 4.06. The number of piperidine rings is 1. The first-order valence-electron chi connectivity index (χ1n) is 8.35. The number of hydrogen-bond donors (Lipinski definition) is 1. The van der Waals surface area contributed by atoms with Gasteiger partial charge < -0.3 is 10.1 Å². The van der Waals surface area contributed by atoms with Gasteiger partial charge in [-0.1, -0.05) is 18.2 Å². The Labute approximate surface area is 148 Å². The molecule has 2 heterocycles. The highest BCUT2D eigenvalue weighted by Crippen LogP contribution is 2.22. The van der Waals surface area contributed by atoms with Crippen molar-refractivity contribution in [2.45, 2.75) is 32.2 Å². The van der Waals surface area contributed by atoms with E-state index in [4.69, 9.17) is 4.74 Å². The van der Waals surface area contributed by atoms with Crippen LogP contribution in [0.3, 0.4) is 0 Å². The molecule has 1 unspecified atom stereocenters. The van der Waals surface area contributed by atoms with Crippen molar-refractivity contribution in [3.63, 3.8) is 0 Å². The molecule has 0 saturated carbocycles. The lowest BCUT2D eigenvalue weighted by molar-refractivity contribution is 0.135. The summed E-state index contributed by atoms with van der Waals surface area (Å²) in [5, 5.41) is 8.03. The second-order valence-corrected chi connectivity index (χ2v) is 5.78. The van der Waals surface area contributed by atoms with E-state index in [1.807, 2.05) is 37.3 Å². The molecule has 0 radical (unpaired) electrons. The maximum absolute atomic E-state index is 12.8. The van der Waals surface area contributed by atoms with Crippen molar-refractivity contribution in [2.24, 2.45) is 0 Å². The van der Waals surface area contributed by atoms with Crippen LogP contribution in [-0.4, -0.2) is 40.7 Å². The maximum Gasteiger partial charge on any atom is 0.350 e. The molecular weight excluding hydrogens is 328 g/mol. The van der Waals surface area contributed by atoms with Crippen LogP contribution in [0, 0.1) is 0 Å². The normalized spacial score (nSPS) is 17.5. The first kappa shape index (κ1) is 18.7. The van der Waals surface area contributed by atoms with E-state index in [1.54, 1.807) is 4.57 Å². The van der Waals surface area contributed by atoms with Gasteiger partial charge in [0, 0.05) is 19.1 Å². The van der Waals surface area contributed by atoms with Gasteiger partial charge in [0.15, 0.2) is 0 Å². The molecule has 0 amide bonds. The third-order valence-electron chi connectivity index (χ3n) is 4.19. The molecule has 1 aromatic carbocycles. The highest BCUT2D eigenvalue weighted by Gasteiger charge is 2.24. The SMILES string of the molecule is CCOCCn1nc(C2CCCNC2)n(-c2ccccc2)c1=O.Cl. The first-order chi connectivity index (χ1) is 11.3. The minimum atomic E-state index is -0.0866. The van der Waals surface area contributed by atoms with Crippen molar-refractivity contribution < 1.29 is 4.74 Å². The van der Waals surface area contributed by atoms with Crippen LogP contribution in [-0.2, 0) is 11.3 Å². The van der Waals surface area contributed by atoms with E-state index in [2.05, 4.69) is 10.4 Å². The molecule has 1 fully saturated rings. The van der Waals surface area contributed by atoms with E-state index in [0.29, 0.717) is 19.8 Å². The summed E-state index contributed by atoms with van der Waals surface area (Å²) >= 11 is 0. The lowest BCUT2D eigenvalue weighted by atomic mass is 9.99. The molecule has 0 spiro atoms. The molecule has 6 nitrogen and oxygen atoms in total. The fourth-order valence-electron chi connectivity index (χ4n) is 3.02. The minimum Gasteiger partial charge on any atom is -0.380 e. The number of nitrogens with zero attached hydrogens (tertiary/aromatic N) is 3. The molecule has 1 saturated heterocycles. The molecule has 0 bridgehead atoms. The van der Waals surface area contributed by atoms with Crippen molar-refractivity contribution in [2.75, 3.05) is 26.3 Å². The van der Waals surface area contributed by atoms with Crippen LogP contribution in [0.2, 0.25) is 0 Å². The molecule has 1 aliphatic rings. The van der Waals surface area contributed by atoms with Crippen LogP contribution < -0.4 is 11.0 Å². The van der Waals surface area contributed by atoms with Crippen LogP contribution in [0.1, 0.15) is 31.5 Å². The van der Waals surface area contributed by atoms with Gasteiger partial charge in [-0.2, -0.15) is 5.10 Å². The number of rotatable bonds is 6. The standard InChI is InChI=1S/C17H24N4O2.ClH/c1-2-23-12-11-20-17(22)21(15-8-4-3-5-9-15)16(19-20)14-7-6-10-18-13-14;/h3-5,8-9,14,18H,2,6-7,10-13H2,1H3;1H. The minimum absolute atomic E-state index is 0. The molecule has 1 atom stereocenters. The van der Waals surface area contributed by atoms with Crippen LogP contribution in [0.25, 0.3) is 5.69 Å². The summed E-state index contributed by atoms with van der Waals surface area (Å²) in [6.45, 7) is 5.49. The number of hydrogen-bond acceptors (Lipinski definition) is 4. The van der Waals surface area contributed by atoms with Crippen LogP contribution >= 0.6 is 12.4 Å². The zero-order chi connectivity index (χ0) is 16.1. The first-order valence-corrected chi connectivity index (χ1v) is 8.35. The lowest BCUT2D eigenvalue weighted by Gasteiger charge is -2.22. The second kappa shape index (κ2) is 9.01. The van der Waals surface area contributed by atoms with Crippen molar-refractivity contribution in [1.82, 2.24) is 19.7 Å². The molecule has 1 aromatic heterocycles. The van der Waals surface area contributed by atoms with Crippen molar-refractivity contribution in [3.8, 4) is 5.69 Å². The lowest BCUT2D eigenvalue weighted by Crippen LogP contribution is -2.31. The summed E-state index contributed by atoms with van der Waals surface area (Å²) in [5.41, 5.74) is 0.789. The maximum atomic E-state index is 12.8. The van der Waals surface area contributed by atoms with Crippen LogP contribution in [0.4, 0.5) is 0 Å². The third-order valence-corrected chi connectivity index (χ3v) is 4.19. The quantitative estimate of drug-likeness (QED) is 0.807. The predicted molar refractivity (Wildman–Crippen MR) is 96.4 cm³/mol. The van der Waals surface area contributed by atoms with E-state index in [-0.39, 0.29) is 24.0 Å². The smallest absolute Gasteiger partial charge is 0.350 e. The van der Waals surface area contributed by atoms with E-state index in [9.17, 15) is 4.79 Å². The van der Waals surface area contributed by atoms with Crippen LogP contribution in [0.15, 0.2) is 35.1 Å². The second-order valence-electron chi connectivity index (χ2n) is 5.78. The Kier molecular flexibility index (Phi) is 7.02. The molecule has 0 aliphatic carbocycles. The van der Waals surface area contributed by atoms with Gasteiger partial charge in [-0.25, -0.2) is 14.0 Å². The van der Waals surface area contributed by atoms with Crippen molar-refractivity contribution in [1.29, 1.82) is 0 Å². The molecule has 2 aromatic rings. The van der Waals surface area contributed by atoms with Gasteiger partial charge in [0.05, 0.1) is 18.8 Å². The Balaban J connectivity index is 0.00000208. The van der Waals surface area contributed by atoms with Gasteiger partial charge in [-0.15, -0.1) is 12.4 Å².